The summed E-state index contributed by atoms with van der Waals surface area (Å²) < 4.78 is 4.88. The van der Waals surface area contributed by atoms with Gasteiger partial charge in [-0.3, -0.25) is 14.5 Å². The second-order valence-electron chi connectivity index (χ2n) is 5.36. The Morgan fingerprint density at radius 2 is 2.05 bits per heavy atom. The smallest absolute Gasteiger partial charge is 0.311 e. The second kappa shape index (κ2) is 8.85. The molecule has 6 nitrogen and oxygen atoms in total. The minimum Gasteiger partial charge on any atom is -0.466 e. The van der Waals surface area contributed by atoms with Crippen molar-refractivity contribution in [3.63, 3.8) is 0 Å². The van der Waals surface area contributed by atoms with Gasteiger partial charge in [-0.1, -0.05) is 12.8 Å². The number of rotatable bonds is 6. The van der Waals surface area contributed by atoms with Crippen molar-refractivity contribution in [3.05, 3.63) is 11.1 Å². The predicted octanol–water partition coefficient (Wildman–Crippen LogP) is 2.06. The first-order valence-corrected chi connectivity index (χ1v) is 8.67. The van der Waals surface area contributed by atoms with Crippen LogP contribution in [0.2, 0.25) is 0 Å². The minimum atomic E-state index is -0.296. The van der Waals surface area contributed by atoms with Crippen molar-refractivity contribution < 1.29 is 14.3 Å². The maximum absolute atomic E-state index is 12.0. The number of carbonyl (C=O) groups is 2. The van der Waals surface area contributed by atoms with Gasteiger partial charge in [-0.2, -0.15) is 0 Å². The quantitative estimate of drug-likeness (QED) is 0.811. The second-order valence-corrected chi connectivity index (χ2v) is 6.22. The molecular formula is C15H23N3O3S. The van der Waals surface area contributed by atoms with E-state index >= 15 is 0 Å². The first kappa shape index (κ1) is 16.9. The van der Waals surface area contributed by atoms with E-state index in [-0.39, 0.29) is 18.3 Å². The van der Waals surface area contributed by atoms with E-state index in [0.717, 1.165) is 25.9 Å². The van der Waals surface area contributed by atoms with Crippen LogP contribution in [0.4, 0.5) is 5.13 Å². The number of nitrogens with zero attached hydrogens (tertiary/aromatic N) is 2. The van der Waals surface area contributed by atoms with Gasteiger partial charge in [0, 0.05) is 5.38 Å². The summed E-state index contributed by atoms with van der Waals surface area (Å²) in [7, 11) is 0. The van der Waals surface area contributed by atoms with Gasteiger partial charge in [0.25, 0.3) is 0 Å². The zero-order valence-corrected chi connectivity index (χ0v) is 13.8. The molecule has 0 atom stereocenters. The van der Waals surface area contributed by atoms with Gasteiger partial charge in [0.15, 0.2) is 5.13 Å². The maximum atomic E-state index is 12.0. The molecule has 1 fully saturated rings. The summed E-state index contributed by atoms with van der Waals surface area (Å²) in [5.41, 5.74) is 0.633. The first-order valence-electron chi connectivity index (χ1n) is 7.79. The maximum Gasteiger partial charge on any atom is 0.311 e. The molecule has 1 aliphatic rings. The summed E-state index contributed by atoms with van der Waals surface area (Å²) in [4.78, 5) is 29.9. The fraction of sp³-hybridized carbons (Fsp3) is 0.667. The number of thiazole rings is 1. The lowest BCUT2D eigenvalue weighted by Crippen LogP contribution is -2.33. The first-order chi connectivity index (χ1) is 10.7. The minimum absolute atomic E-state index is 0.0427. The number of nitrogens with one attached hydrogen (secondary N) is 1. The van der Waals surface area contributed by atoms with Gasteiger partial charge in [0.1, 0.15) is 0 Å². The number of carbonyl (C=O) groups excluding carboxylic acids is 2. The third kappa shape index (κ3) is 5.73. The van der Waals surface area contributed by atoms with E-state index in [2.05, 4.69) is 15.2 Å². The molecule has 0 aliphatic carbocycles. The van der Waals surface area contributed by atoms with Gasteiger partial charge in [-0.15, -0.1) is 11.3 Å². The van der Waals surface area contributed by atoms with Crippen LogP contribution < -0.4 is 5.32 Å². The topological polar surface area (TPSA) is 71.5 Å². The van der Waals surface area contributed by atoms with E-state index < -0.39 is 0 Å². The highest BCUT2D eigenvalue weighted by Gasteiger charge is 2.15. The van der Waals surface area contributed by atoms with Crippen molar-refractivity contribution in [1.29, 1.82) is 0 Å². The number of likely N-dealkylation sites (tertiary alicyclic amines) is 1. The van der Waals surface area contributed by atoms with E-state index in [0.29, 0.717) is 24.0 Å². The highest BCUT2D eigenvalue weighted by molar-refractivity contribution is 7.13. The molecule has 122 valence electrons. The summed E-state index contributed by atoms with van der Waals surface area (Å²) in [5, 5.41) is 5.13. The molecule has 1 N–H and O–H groups in total. The van der Waals surface area contributed by atoms with E-state index in [1.54, 1.807) is 12.3 Å². The van der Waals surface area contributed by atoms with Crippen LogP contribution in [0.1, 0.15) is 38.3 Å². The Kier molecular flexibility index (Phi) is 6.79. The monoisotopic (exact) mass is 325 g/mol. The number of hydrogen-bond donors (Lipinski definition) is 1. The van der Waals surface area contributed by atoms with Crippen LogP contribution in [0.3, 0.4) is 0 Å². The number of amides is 1. The standard InChI is InChI=1S/C15H23N3O3S/c1-2-21-14(20)9-12-11-22-15(16-12)17-13(19)10-18-7-5-3-4-6-8-18/h11H,2-10H2,1H3,(H,16,17,19). The van der Waals surface area contributed by atoms with Gasteiger partial charge in [0.2, 0.25) is 5.91 Å². The van der Waals surface area contributed by atoms with Crippen molar-refractivity contribution in [3.8, 4) is 0 Å². The van der Waals surface area contributed by atoms with Crippen molar-refractivity contribution in [1.82, 2.24) is 9.88 Å². The summed E-state index contributed by atoms with van der Waals surface area (Å²) >= 11 is 1.33. The number of ether oxygens (including phenoxy) is 1. The Morgan fingerprint density at radius 1 is 1.32 bits per heavy atom. The average molecular weight is 325 g/mol. The van der Waals surface area contributed by atoms with Crippen LogP contribution in [0, 0.1) is 0 Å². The van der Waals surface area contributed by atoms with Crippen LogP contribution in [0.5, 0.6) is 0 Å². The molecule has 7 heteroatoms. The molecule has 0 unspecified atom stereocenters. The third-order valence-electron chi connectivity index (χ3n) is 3.49. The molecule has 0 saturated carbocycles. The molecule has 0 bridgehead atoms. The van der Waals surface area contributed by atoms with Crippen LogP contribution in [0.15, 0.2) is 5.38 Å². The van der Waals surface area contributed by atoms with Gasteiger partial charge < -0.3 is 10.1 Å². The molecule has 0 aromatic carbocycles. The fourth-order valence-electron chi connectivity index (χ4n) is 2.46. The summed E-state index contributed by atoms with van der Waals surface area (Å²) in [6.45, 7) is 4.52. The van der Waals surface area contributed by atoms with Crippen molar-refractivity contribution in [2.75, 3.05) is 31.6 Å². The van der Waals surface area contributed by atoms with Gasteiger partial charge in [0.05, 0.1) is 25.3 Å². The lowest BCUT2D eigenvalue weighted by Gasteiger charge is -2.18. The Balaban J connectivity index is 1.78. The Morgan fingerprint density at radius 3 is 2.73 bits per heavy atom. The zero-order chi connectivity index (χ0) is 15.8. The molecule has 0 spiro atoms. The Hall–Kier alpha value is -1.47. The highest BCUT2D eigenvalue weighted by Crippen LogP contribution is 2.16. The number of anilines is 1. The molecule has 1 aromatic rings. The van der Waals surface area contributed by atoms with Crippen LogP contribution >= 0.6 is 11.3 Å². The molecule has 1 aliphatic heterocycles. The third-order valence-corrected chi connectivity index (χ3v) is 4.30. The van der Waals surface area contributed by atoms with Gasteiger partial charge >= 0.3 is 5.97 Å². The van der Waals surface area contributed by atoms with E-state index in [4.69, 9.17) is 4.74 Å². The summed E-state index contributed by atoms with van der Waals surface area (Å²) in [6, 6.07) is 0. The van der Waals surface area contributed by atoms with E-state index in [1.807, 2.05) is 0 Å². The van der Waals surface area contributed by atoms with Gasteiger partial charge in [-0.05, 0) is 32.9 Å². The average Bonchev–Trinajstić information content (AvgIpc) is 2.73. The molecular weight excluding hydrogens is 302 g/mol. The molecule has 0 radical (unpaired) electrons. The molecule has 2 heterocycles. The molecule has 1 saturated heterocycles. The number of hydrogen-bond acceptors (Lipinski definition) is 6. The normalized spacial score (nSPS) is 16.0. The van der Waals surface area contributed by atoms with Gasteiger partial charge in [-0.25, -0.2) is 4.98 Å². The summed E-state index contributed by atoms with van der Waals surface area (Å²) in [6.07, 6.45) is 4.97. The van der Waals surface area contributed by atoms with Crippen molar-refractivity contribution in [2.24, 2.45) is 0 Å². The SMILES string of the molecule is CCOC(=O)Cc1csc(NC(=O)CN2CCCCCC2)n1. The van der Waals surface area contributed by atoms with Crippen LogP contribution in [-0.4, -0.2) is 48.0 Å². The highest BCUT2D eigenvalue weighted by atomic mass is 32.1. The molecule has 22 heavy (non-hydrogen) atoms. The molecule has 1 amide bonds. The largest absolute Gasteiger partial charge is 0.466 e. The Bertz CT molecular complexity index is 496. The fourth-order valence-corrected chi connectivity index (χ4v) is 3.19. The number of esters is 1. The van der Waals surface area contributed by atoms with Crippen molar-refractivity contribution in [2.45, 2.75) is 39.0 Å². The summed E-state index contributed by atoms with van der Waals surface area (Å²) in [5.74, 6) is -0.339. The zero-order valence-electron chi connectivity index (χ0n) is 13.0. The lowest BCUT2D eigenvalue weighted by atomic mass is 10.2. The van der Waals surface area contributed by atoms with Crippen molar-refractivity contribution >= 4 is 28.3 Å². The van der Waals surface area contributed by atoms with Crippen LogP contribution in [0.25, 0.3) is 0 Å². The van der Waals surface area contributed by atoms with Crippen LogP contribution in [-0.2, 0) is 20.7 Å². The lowest BCUT2D eigenvalue weighted by molar-refractivity contribution is -0.142. The van der Waals surface area contributed by atoms with E-state index in [1.165, 1.54) is 24.2 Å². The Labute approximate surface area is 134 Å². The molecule has 1 aromatic heterocycles. The number of aromatic nitrogens is 1. The molecule has 2 rings (SSSR count). The van der Waals surface area contributed by atoms with E-state index in [9.17, 15) is 9.59 Å². The predicted molar refractivity (Wildman–Crippen MR) is 86.0 cm³/mol.